The SMILES string of the molecule is CC(=O)OC1N=C(c2ccccc2)c2cc([N+](=O)[O-])ccc2-n2c(C)cnc21. The van der Waals surface area contributed by atoms with E-state index in [9.17, 15) is 14.9 Å². The fourth-order valence-electron chi connectivity index (χ4n) is 3.27. The van der Waals surface area contributed by atoms with Gasteiger partial charge in [0.05, 0.1) is 16.3 Å². The molecule has 0 radical (unpaired) electrons. The Balaban J connectivity index is 2.05. The molecule has 0 amide bonds. The summed E-state index contributed by atoms with van der Waals surface area (Å²) in [6.45, 7) is 3.17. The van der Waals surface area contributed by atoms with Gasteiger partial charge in [-0.25, -0.2) is 9.98 Å². The molecule has 2 heterocycles. The average Bonchev–Trinajstić information content (AvgIpc) is 3.00. The molecule has 8 nitrogen and oxygen atoms in total. The molecule has 0 saturated carbocycles. The number of esters is 1. The van der Waals surface area contributed by atoms with E-state index >= 15 is 0 Å². The summed E-state index contributed by atoms with van der Waals surface area (Å²) in [5.41, 5.74) is 3.25. The molecule has 1 aromatic heterocycles. The van der Waals surface area contributed by atoms with Gasteiger partial charge in [0.15, 0.2) is 5.82 Å². The van der Waals surface area contributed by atoms with Gasteiger partial charge in [-0.05, 0) is 13.0 Å². The van der Waals surface area contributed by atoms with Crippen LogP contribution in [0.3, 0.4) is 0 Å². The third-order valence-electron chi connectivity index (χ3n) is 4.44. The number of ether oxygens (including phenoxy) is 1. The molecule has 3 aromatic rings. The molecule has 0 aliphatic carbocycles. The van der Waals surface area contributed by atoms with Gasteiger partial charge in [-0.2, -0.15) is 0 Å². The molecule has 1 unspecified atom stereocenters. The minimum atomic E-state index is -0.965. The molecule has 0 bridgehead atoms. The number of aliphatic imine (C=N–C) groups is 1. The quantitative estimate of drug-likeness (QED) is 0.396. The number of non-ortho nitro benzene ring substituents is 1. The van der Waals surface area contributed by atoms with E-state index < -0.39 is 17.1 Å². The maximum Gasteiger partial charge on any atom is 0.304 e. The van der Waals surface area contributed by atoms with Crippen LogP contribution in [-0.2, 0) is 9.53 Å². The predicted molar refractivity (Wildman–Crippen MR) is 102 cm³/mol. The second-order valence-corrected chi connectivity index (χ2v) is 6.36. The maximum atomic E-state index is 11.7. The first-order valence-corrected chi connectivity index (χ1v) is 8.59. The molecular formula is C20H16N4O4. The van der Waals surface area contributed by atoms with Crippen LogP contribution in [0.2, 0.25) is 0 Å². The van der Waals surface area contributed by atoms with E-state index in [1.165, 1.54) is 19.1 Å². The van der Waals surface area contributed by atoms with E-state index in [0.717, 1.165) is 11.3 Å². The number of fused-ring (bicyclic) bond motifs is 3. The third kappa shape index (κ3) is 2.94. The molecule has 2 aromatic carbocycles. The highest BCUT2D eigenvalue weighted by atomic mass is 16.6. The molecule has 0 saturated heterocycles. The lowest BCUT2D eigenvalue weighted by Crippen LogP contribution is -2.12. The van der Waals surface area contributed by atoms with Crippen molar-refractivity contribution in [2.24, 2.45) is 4.99 Å². The minimum absolute atomic E-state index is 0.0485. The molecule has 1 aliphatic heterocycles. The number of nitro benzene ring substituents is 1. The second kappa shape index (κ2) is 6.73. The van der Waals surface area contributed by atoms with Crippen LogP contribution in [0, 0.1) is 17.0 Å². The third-order valence-corrected chi connectivity index (χ3v) is 4.44. The van der Waals surface area contributed by atoms with Gasteiger partial charge in [-0.15, -0.1) is 0 Å². The predicted octanol–water partition coefficient (Wildman–Crippen LogP) is 3.50. The van der Waals surface area contributed by atoms with Crippen molar-refractivity contribution in [1.82, 2.24) is 9.55 Å². The highest BCUT2D eigenvalue weighted by Gasteiger charge is 2.30. The van der Waals surface area contributed by atoms with Crippen molar-refractivity contribution in [3.63, 3.8) is 0 Å². The van der Waals surface area contributed by atoms with Crippen LogP contribution in [0.15, 0.2) is 59.7 Å². The van der Waals surface area contributed by atoms with Crippen molar-refractivity contribution < 1.29 is 14.5 Å². The Kier molecular flexibility index (Phi) is 4.23. The van der Waals surface area contributed by atoms with Crippen molar-refractivity contribution in [2.45, 2.75) is 20.1 Å². The molecule has 8 heteroatoms. The van der Waals surface area contributed by atoms with E-state index in [1.807, 2.05) is 41.8 Å². The Hall–Kier alpha value is -3.81. The number of nitro groups is 1. The molecule has 28 heavy (non-hydrogen) atoms. The summed E-state index contributed by atoms with van der Waals surface area (Å²) in [4.78, 5) is 31.6. The van der Waals surface area contributed by atoms with Crippen LogP contribution in [0.5, 0.6) is 0 Å². The lowest BCUT2D eigenvalue weighted by Gasteiger charge is -2.13. The summed E-state index contributed by atoms with van der Waals surface area (Å²) >= 11 is 0. The molecule has 4 rings (SSSR count). The summed E-state index contributed by atoms with van der Waals surface area (Å²) < 4.78 is 7.24. The van der Waals surface area contributed by atoms with Crippen molar-refractivity contribution in [3.05, 3.63) is 87.5 Å². The summed E-state index contributed by atoms with van der Waals surface area (Å²) in [6, 6.07) is 13.9. The van der Waals surface area contributed by atoms with Crippen LogP contribution in [-0.4, -0.2) is 26.2 Å². The summed E-state index contributed by atoms with van der Waals surface area (Å²) in [6.07, 6.45) is 0.688. The van der Waals surface area contributed by atoms with Gasteiger partial charge < -0.3 is 4.74 Å². The highest BCUT2D eigenvalue weighted by molar-refractivity contribution is 6.15. The van der Waals surface area contributed by atoms with Crippen molar-refractivity contribution >= 4 is 17.4 Å². The Morgan fingerprint density at radius 1 is 1.21 bits per heavy atom. The van der Waals surface area contributed by atoms with Gasteiger partial charge in [-0.1, -0.05) is 30.3 Å². The lowest BCUT2D eigenvalue weighted by atomic mass is 10.00. The van der Waals surface area contributed by atoms with Gasteiger partial charge >= 0.3 is 5.97 Å². The molecule has 0 spiro atoms. The number of rotatable bonds is 3. The van der Waals surface area contributed by atoms with Gasteiger partial charge in [0.2, 0.25) is 0 Å². The number of benzene rings is 2. The van der Waals surface area contributed by atoms with Gasteiger partial charge in [0, 0.05) is 42.1 Å². The first kappa shape index (κ1) is 17.6. The van der Waals surface area contributed by atoms with E-state index in [1.54, 1.807) is 12.3 Å². The number of hydrogen-bond acceptors (Lipinski definition) is 6. The van der Waals surface area contributed by atoms with Crippen LogP contribution in [0.25, 0.3) is 5.69 Å². The average molecular weight is 376 g/mol. The monoisotopic (exact) mass is 376 g/mol. The van der Waals surface area contributed by atoms with Crippen molar-refractivity contribution in [2.75, 3.05) is 0 Å². The zero-order valence-corrected chi connectivity index (χ0v) is 15.2. The summed E-state index contributed by atoms with van der Waals surface area (Å²) in [5.74, 6) is -0.0564. The molecule has 0 N–H and O–H groups in total. The molecular weight excluding hydrogens is 360 g/mol. The molecule has 1 aliphatic rings. The number of aryl methyl sites for hydroxylation is 1. The Morgan fingerprint density at radius 2 is 1.96 bits per heavy atom. The number of hydrogen-bond donors (Lipinski definition) is 0. The zero-order valence-electron chi connectivity index (χ0n) is 15.2. The minimum Gasteiger partial charge on any atom is -0.432 e. The van der Waals surface area contributed by atoms with E-state index in [0.29, 0.717) is 22.8 Å². The Morgan fingerprint density at radius 3 is 2.64 bits per heavy atom. The second-order valence-electron chi connectivity index (χ2n) is 6.36. The van der Waals surface area contributed by atoms with Gasteiger partial charge in [-0.3, -0.25) is 19.5 Å². The van der Waals surface area contributed by atoms with Crippen LogP contribution < -0.4 is 0 Å². The van der Waals surface area contributed by atoms with Gasteiger partial charge in [0.25, 0.3) is 11.9 Å². The number of aromatic nitrogens is 2. The first-order chi connectivity index (χ1) is 13.5. The fourth-order valence-corrected chi connectivity index (χ4v) is 3.27. The van der Waals surface area contributed by atoms with E-state index in [-0.39, 0.29) is 5.69 Å². The van der Waals surface area contributed by atoms with Crippen LogP contribution in [0.4, 0.5) is 5.69 Å². The first-order valence-electron chi connectivity index (χ1n) is 8.59. The molecule has 140 valence electrons. The molecule has 0 fully saturated rings. The van der Waals surface area contributed by atoms with Crippen molar-refractivity contribution in [1.29, 1.82) is 0 Å². The highest BCUT2D eigenvalue weighted by Crippen LogP contribution is 2.33. The number of carbonyl (C=O) groups excluding carboxylic acids is 1. The van der Waals surface area contributed by atoms with Gasteiger partial charge in [0.1, 0.15) is 0 Å². The number of carbonyl (C=O) groups is 1. The normalized spacial score (nSPS) is 15.1. The summed E-state index contributed by atoms with van der Waals surface area (Å²) in [7, 11) is 0. The van der Waals surface area contributed by atoms with E-state index in [2.05, 4.69) is 9.98 Å². The van der Waals surface area contributed by atoms with E-state index in [4.69, 9.17) is 4.74 Å². The topological polar surface area (TPSA) is 99.6 Å². The Bertz CT molecular complexity index is 1120. The van der Waals surface area contributed by atoms with Crippen LogP contribution >= 0.6 is 0 Å². The smallest absolute Gasteiger partial charge is 0.304 e. The molecule has 1 atom stereocenters. The maximum absolute atomic E-state index is 11.7. The number of imidazole rings is 1. The Labute approximate surface area is 160 Å². The van der Waals surface area contributed by atoms with Crippen molar-refractivity contribution in [3.8, 4) is 5.69 Å². The zero-order chi connectivity index (χ0) is 19.8. The lowest BCUT2D eigenvalue weighted by molar-refractivity contribution is -0.384. The summed E-state index contributed by atoms with van der Waals surface area (Å²) in [5, 5.41) is 11.4. The number of nitrogens with zero attached hydrogens (tertiary/aromatic N) is 4. The largest absolute Gasteiger partial charge is 0.432 e. The van der Waals surface area contributed by atoms with Crippen LogP contribution in [0.1, 0.15) is 35.8 Å². The standard InChI is InChI=1S/C20H16N4O4/c1-12-11-21-19-20(28-13(2)25)22-18(14-6-4-3-5-7-14)16-10-15(24(26)27)8-9-17(16)23(12)19/h3-11,20H,1-2H3. The fraction of sp³-hybridized carbons (Fsp3) is 0.150.